The molecular weight excluding hydrogens is 726 g/mol. The molecule has 56 heavy (non-hydrogen) atoms. The maximum atomic E-state index is 14.6. The van der Waals surface area contributed by atoms with Gasteiger partial charge in [-0.25, -0.2) is 9.59 Å². The Hall–Kier alpha value is -4.54. The van der Waals surface area contributed by atoms with Crippen molar-refractivity contribution < 1.29 is 23.8 Å². The van der Waals surface area contributed by atoms with Gasteiger partial charge in [-0.3, -0.25) is 9.58 Å². The Balaban J connectivity index is 1.28. The second-order valence-corrected chi connectivity index (χ2v) is 17.9. The highest BCUT2D eigenvalue weighted by Gasteiger charge is 2.52. The van der Waals surface area contributed by atoms with Crippen molar-refractivity contribution in [3.05, 3.63) is 82.3 Å². The molecule has 7 rings (SSSR count). The molecule has 1 aliphatic carbocycles. The SMILES string of the molecule is Cc1nn(C)c(C)c1-c1c(Cl)ccc2c(CCCOc3cccc4ccccc34)c(C(=O)OC(C)(C)C)n(CCN3CCN(C(=O)OC(C)(C)C)CC34CC4)c12. The smallest absolute Gasteiger partial charge is 0.410 e. The Morgan fingerprint density at radius 2 is 1.57 bits per heavy atom. The van der Waals surface area contributed by atoms with Crippen molar-refractivity contribution in [3.63, 3.8) is 0 Å². The number of aromatic nitrogens is 3. The highest BCUT2D eigenvalue weighted by Crippen LogP contribution is 2.46. The molecule has 2 aliphatic rings. The molecule has 5 aromatic rings. The molecule has 0 bridgehead atoms. The number of rotatable bonds is 10. The van der Waals surface area contributed by atoms with Crippen molar-refractivity contribution in [3.8, 4) is 16.9 Å². The third-order valence-corrected chi connectivity index (χ3v) is 11.4. The molecule has 298 valence electrons. The van der Waals surface area contributed by atoms with Crippen LogP contribution in [0, 0.1) is 13.8 Å². The van der Waals surface area contributed by atoms with Crippen molar-refractivity contribution in [1.29, 1.82) is 0 Å². The lowest BCUT2D eigenvalue weighted by Gasteiger charge is -2.42. The molecule has 1 saturated carbocycles. The molecule has 0 atom stereocenters. The number of amides is 1. The summed E-state index contributed by atoms with van der Waals surface area (Å²) in [6.07, 6.45) is 3.02. The van der Waals surface area contributed by atoms with Crippen LogP contribution >= 0.6 is 11.6 Å². The van der Waals surface area contributed by atoms with Crippen LogP contribution in [0.1, 0.15) is 88.2 Å². The molecule has 0 unspecified atom stereocenters. The van der Waals surface area contributed by atoms with Gasteiger partial charge in [0.15, 0.2) is 0 Å². The van der Waals surface area contributed by atoms with Crippen LogP contribution in [0.5, 0.6) is 5.75 Å². The zero-order chi connectivity index (χ0) is 40.2. The number of halogens is 1. The first-order valence-electron chi connectivity index (χ1n) is 19.9. The maximum Gasteiger partial charge on any atom is 0.410 e. The Morgan fingerprint density at radius 3 is 2.25 bits per heavy atom. The van der Waals surface area contributed by atoms with E-state index in [2.05, 4.69) is 40.7 Å². The number of benzene rings is 3. The quantitative estimate of drug-likeness (QED) is 0.103. The van der Waals surface area contributed by atoms with Gasteiger partial charge in [0.2, 0.25) is 0 Å². The second kappa shape index (κ2) is 15.1. The highest BCUT2D eigenvalue weighted by atomic mass is 35.5. The number of nitrogens with zero attached hydrogens (tertiary/aromatic N) is 5. The van der Waals surface area contributed by atoms with E-state index in [0.29, 0.717) is 62.9 Å². The van der Waals surface area contributed by atoms with Gasteiger partial charge in [-0.2, -0.15) is 5.10 Å². The number of piperazine rings is 1. The van der Waals surface area contributed by atoms with Crippen LogP contribution in [-0.4, -0.2) is 85.7 Å². The van der Waals surface area contributed by atoms with Crippen LogP contribution in [0.2, 0.25) is 5.02 Å². The van der Waals surface area contributed by atoms with Crippen LogP contribution in [0.15, 0.2) is 54.6 Å². The minimum absolute atomic E-state index is 0.108. The minimum Gasteiger partial charge on any atom is -0.493 e. The summed E-state index contributed by atoms with van der Waals surface area (Å²) >= 11 is 7.20. The molecule has 0 radical (unpaired) electrons. The van der Waals surface area contributed by atoms with Gasteiger partial charge < -0.3 is 23.7 Å². The molecule has 3 aromatic carbocycles. The number of hydrogen-bond donors (Lipinski definition) is 0. The topological polar surface area (TPSA) is 91.1 Å². The lowest BCUT2D eigenvalue weighted by atomic mass is 9.98. The Kier molecular flexibility index (Phi) is 10.7. The van der Waals surface area contributed by atoms with E-state index < -0.39 is 11.2 Å². The molecular formula is C45H56ClN5O5. The number of esters is 1. The van der Waals surface area contributed by atoms with Gasteiger partial charge in [0.1, 0.15) is 22.6 Å². The standard InChI is InChI=1S/C45H56ClN5O5/c1-29-37(30(2)48(9)47-29)38-35(46)20-19-34-33(17-13-27-54-36-18-12-15-31-14-10-11-16-32(31)36)40(41(52)55-43(3,4)5)51(39(34)38)26-25-50-24-23-49(28-45(50)21-22-45)42(53)56-44(6,7)8/h10-12,14-16,18-20H,13,17,21-28H2,1-9H3. The molecule has 2 fully saturated rings. The first-order valence-corrected chi connectivity index (χ1v) is 20.3. The fourth-order valence-electron chi connectivity index (χ4n) is 8.34. The summed E-state index contributed by atoms with van der Waals surface area (Å²) < 4.78 is 22.4. The summed E-state index contributed by atoms with van der Waals surface area (Å²) in [7, 11) is 1.94. The van der Waals surface area contributed by atoms with Gasteiger partial charge in [-0.15, -0.1) is 0 Å². The van der Waals surface area contributed by atoms with Gasteiger partial charge in [0, 0.05) is 72.9 Å². The normalized spacial score (nSPS) is 15.9. The largest absolute Gasteiger partial charge is 0.493 e. The van der Waals surface area contributed by atoms with Gasteiger partial charge in [-0.1, -0.05) is 54.1 Å². The van der Waals surface area contributed by atoms with Crippen LogP contribution in [0.25, 0.3) is 32.8 Å². The number of fused-ring (bicyclic) bond motifs is 2. The third kappa shape index (κ3) is 8.00. The van der Waals surface area contributed by atoms with E-state index in [1.165, 1.54) is 0 Å². The van der Waals surface area contributed by atoms with Crippen LogP contribution < -0.4 is 4.74 Å². The molecule has 1 amide bonds. The van der Waals surface area contributed by atoms with E-state index in [9.17, 15) is 9.59 Å². The molecule has 1 spiro atoms. The predicted octanol–water partition coefficient (Wildman–Crippen LogP) is 9.52. The number of hydrogen-bond acceptors (Lipinski definition) is 7. The van der Waals surface area contributed by atoms with Crippen molar-refractivity contribution in [2.75, 3.05) is 32.8 Å². The molecule has 3 heterocycles. The van der Waals surface area contributed by atoms with E-state index >= 15 is 0 Å². The monoisotopic (exact) mass is 781 g/mol. The van der Waals surface area contributed by atoms with Crippen molar-refractivity contribution in [2.45, 2.75) is 104 Å². The maximum absolute atomic E-state index is 14.6. The summed E-state index contributed by atoms with van der Waals surface area (Å²) in [4.78, 5) is 32.0. The average molecular weight is 782 g/mol. The van der Waals surface area contributed by atoms with Crippen molar-refractivity contribution >= 4 is 45.3 Å². The fourth-order valence-corrected chi connectivity index (χ4v) is 8.59. The summed E-state index contributed by atoms with van der Waals surface area (Å²) in [5.41, 5.74) is 4.68. The van der Waals surface area contributed by atoms with E-state index in [1.807, 2.05) is 95.4 Å². The van der Waals surface area contributed by atoms with E-state index in [1.54, 1.807) is 0 Å². The van der Waals surface area contributed by atoms with Gasteiger partial charge in [0.25, 0.3) is 0 Å². The molecule has 11 heteroatoms. The zero-order valence-electron chi connectivity index (χ0n) is 34.4. The third-order valence-electron chi connectivity index (χ3n) is 11.1. The van der Waals surface area contributed by atoms with Crippen LogP contribution in [0.4, 0.5) is 4.79 Å². The van der Waals surface area contributed by atoms with E-state index in [4.69, 9.17) is 30.9 Å². The number of carbonyl (C=O) groups excluding carboxylic acids is 2. The summed E-state index contributed by atoms with van der Waals surface area (Å²) in [6.45, 7) is 19.1. The van der Waals surface area contributed by atoms with Gasteiger partial charge >= 0.3 is 12.1 Å². The second-order valence-electron chi connectivity index (χ2n) is 17.5. The minimum atomic E-state index is -0.708. The lowest BCUT2D eigenvalue weighted by molar-refractivity contribution is -0.00216. The molecule has 2 aromatic heterocycles. The summed E-state index contributed by atoms with van der Waals surface area (Å²) in [6, 6.07) is 18.3. The number of aryl methyl sites for hydroxylation is 3. The Morgan fingerprint density at radius 1 is 0.857 bits per heavy atom. The van der Waals surface area contributed by atoms with Gasteiger partial charge in [0.05, 0.1) is 22.8 Å². The van der Waals surface area contributed by atoms with Crippen LogP contribution in [-0.2, 0) is 29.5 Å². The van der Waals surface area contributed by atoms with E-state index in [0.717, 1.165) is 68.3 Å². The zero-order valence-corrected chi connectivity index (χ0v) is 35.2. The molecule has 1 saturated heterocycles. The highest BCUT2D eigenvalue weighted by molar-refractivity contribution is 6.35. The molecule has 0 N–H and O–H groups in total. The van der Waals surface area contributed by atoms with Gasteiger partial charge in [-0.05, 0) is 104 Å². The Bertz CT molecular complexity index is 2280. The number of carbonyl (C=O) groups is 2. The lowest BCUT2D eigenvalue weighted by Crippen LogP contribution is -2.57. The molecule has 1 aliphatic heterocycles. The fraction of sp³-hybridized carbons (Fsp3) is 0.489. The summed E-state index contributed by atoms with van der Waals surface area (Å²) in [5, 5.41) is 8.54. The molecule has 10 nitrogen and oxygen atoms in total. The first-order chi connectivity index (χ1) is 26.5. The van der Waals surface area contributed by atoms with E-state index in [-0.39, 0.29) is 17.6 Å². The number of ether oxygens (including phenoxy) is 3. The predicted molar refractivity (Wildman–Crippen MR) is 223 cm³/mol. The van der Waals surface area contributed by atoms with Crippen molar-refractivity contribution in [1.82, 2.24) is 24.1 Å². The van der Waals surface area contributed by atoms with Crippen LogP contribution in [0.3, 0.4) is 0 Å². The average Bonchev–Trinajstić information content (AvgIpc) is 3.74. The Labute approximate surface area is 335 Å². The van der Waals surface area contributed by atoms with Crippen molar-refractivity contribution in [2.24, 2.45) is 7.05 Å². The first kappa shape index (κ1) is 39.7. The summed E-state index contributed by atoms with van der Waals surface area (Å²) in [5.74, 6) is 0.478.